The number of hydrogen-bond donors (Lipinski definition) is 1. The summed E-state index contributed by atoms with van der Waals surface area (Å²) in [5.74, 6) is 0. The SMILES string of the molecule is CN[SiH2]C=C(C(C)(C)C)C(C)(C)C. The van der Waals surface area contributed by atoms with E-state index in [-0.39, 0.29) is 9.68 Å². The van der Waals surface area contributed by atoms with Crippen LogP contribution in [0.1, 0.15) is 41.5 Å². The maximum Gasteiger partial charge on any atom is 0.116 e. The van der Waals surface area contributed by atoms with Crippen molar-refractivity contribution in [2.75, 3.05) is 7.05 Å². The highest BCUT2D eigenvalue weighted by molar-refractivity contribution is 6.39. The molecular formula is C11H25NSi. The Morgan fingerprint density at radius 2 is 1.38 bits per heavy atom. The van der Waals surface area contributed by atoms with Crippen LogP contribution in [-0.4, -0.2) is 16.7 Å². The molecule has 0 spiro atoms. The largest absolute Gasteiger partial charge is 0.342 e. The van der Waals surface area contributed by atoms with Gasteiger partial charge >= 0.3 is 0 Å². The van der Waals surface area contributed by atoms with Gasteiger partial charge in [0.15, 0.2) is 0 Å². The Morgan fingerprint density at radius 3 is 1.62 bits per heavy atom. The van der Waals surface area contributed by atoms with Gasteiger partial charge in [0.2, 0.25) is 0 Å². The quantitative estimate of drug-likeness (QED) is 0.673. The fourth-order valence-electron chi connectivity index (χ4n) is 1.94. The Bertz CT molecular complexity index is 165. The van der Waals surface area contributed by atoms with Crippen molar-refractivity contribution in [3.05, 3.63) is 11.3 Å². The zero-order valence-electron chi connectivity index (χ0n) is 10.3. The lowest BCUT2D eigenvalue weighted by atomic mass is 9.73. The highest BCUT2D eigenvalue weighted by Crippen LogP contribution is 2.38. The van der Waals surface area contributed by atoms with Crippen molar-refractivity contribution in [2.24, 2.45) is 10.8 Å². The van der Waals surface area contributed by atoms with E-state index < -0.39 is 0 Å². The van der Waals surface area contributed by atoms with Gasteiger partial charge in [0, 0.05) is 0 Å². The summed E-state index contributed by atoms with van der Waals surface area (Å²) >= 11 is 0. The first kappa shape index (κ1) is 12.9. The Morgan fingerprint density at radius 1 is 1.00 bits per heavy atom. The fourth-order valence-corrected chi connectivity index (χ4v) is 3.57. The molecular weight excluding hydrogens is 174 g/mol. The Balaban J connectivity index is 4.78. The third-order valence-electron chi connectivity index (χ3n) is 2.13. The first-order valence-electron chi connectivity index (χ1n) is 5.05. The second-order valence-electron chi connectivity index (χ2n) is 5.68. The van der Waals surface area contributed by atoms with Crippen molar-refractivity contribution in [3.8, 4) is 0 Å². The maximum atomic E-state index is 3.30. The van der Waals surface area contributed by atoms with Gasteiger partial charge in [-0.25, -0.2) is 0 Å². The monoisotopic (exact) mass is 199 g/mol. The molecule has 0 aromatic carbocycles. The number of nitrogens with one attached hydrogen (secondary N) is 1. The van der Waals surface area contributed by atoms with Crippen LogP contribution >= 0.6 is 0 Å². The lowest BCUT2D eigenvalue weighted by molar-refractivity contribution is 0.363. The van der Waals surface area contributed by atoms with Crippen LogP contribution in [0.2, 0.25) is 0 Å². The summed E-state index contributed by atoms with van der Waals surface area (Å²) in [6, 6.07) is 0. The minimum Gasteiger partial charge on any atom is -0.342 e. The van der Waals surface area contributed by atoms with E-state index in [1.807, 2.05) is 7.05 Å². The minimum absolute atomic E-state index is 0.197. The lowest BCUT2D eigenvalue weighted by Gasteiger charge is -2.34. The average molecular weight is 199 g/mol. The second kappa shape index (κ2) is 4.42. The van der Waals surface area contributed by atoms with Crippen molar-refractivity contribution in [1.82, 2.24) is 4.98 Å². The second-order valence-corrected chi connectivity index (χ2v) is 7.20. The van der Waals surface area contributed by atoms with E-state index in [1.54, 1.807) is 5.57 Å². The van der Waals surface area contributed by atoms with Crippen molar-refractivity contribution in [3.63, 3.8) is 0 Å². The van der Waals surface area contributed by atoms with E-state index in [0.717, 1.165) is 0 Å². The molecule has 1 N–H and O–H groups in total. The van der Waals surface area contributed by atoms with Crippen LogP contribution in [0.15, 0.2) is 11.3 Å². The van der Waals surface area contributed by atoms with Crippen molar-refractivity contribution in [1.29, 1.82) is 0 Å². The van der Waals surface area contributed by atoms with Crippen LogP contribution in [0, 0.1) is 10.8 Å². The summed E-state index contributed by atoms with van der Waals surface area (Å²) in [6.07, 6.45) is 0. The molecule has 0 aliphatic heterocycles. The van der Waals surface area contributed by atoms with Crippen molar-refractivity contribution >= 4 is 9.68 Å². The summed E-state index contributed by atoms with van der Waals surface area (Å²) in [7, 11) is 1.85. The maximum absolute atomic E-state index is 3.30. The van der Waals surface area contributed by atoms with E-state index >= 15 is 0 Å². The molecule has 1 nitrogen and oxygen atoms in total. The van der Waals surface area contributed by atoms with Gasteiger partial charge in [-0.2, -0.15) is 0 Å². The normalized spacial score (nSPS) is 13.8. The molecule has 0 unspecified atom stereocenters. The molecule has 0 heterocycles. The van der Waals surface area contributed by atoms with Gasteiger partial charge in [-0.15, -0.1) is 0 Å². The van der Waals surface area contributed by atoms with Gasteiger partial charge < -0.3 is 4.98 Å². The van der Waals surface area contributed by atoms with Crippen LogP contribution in [0.4, 0.5) is 0 Å². The Hall–Kier alpha value is -0.0831. The molecule has 0 fully saturated rings. The number of allylic oxidation sites excluding steroid dienone is 1. The predicted molar refractivity (Wildman–Crippen MR) is 64.6 cm³/mol. The zero-order valence-corrected chi connectivity index (χ0v) is 11.7. The first-order chi connectivity index (χ1) is 5.69. The highest BCUT2D eigenvalue weighted by atomic mass is 28.2. The van der Waals surface area contributed by atoms with Crippen LogP contribution in [0.25, 0.3) is 0 Å². The molecule has 0 atom stereocenters. The van der Waals surface area contributed by atoms with Gasteiger partial charge in [0.1, 0.15) is 9.68 Å². The molecule has 0 amide bonds. The van der Waals surface area contributed by atoms with Gasteiger partial charge in [0.05, 0.1) is 0 Å². The van der Waals surface area contributed by atoms with Crippen LogP contribution in [0.5, 0.6) is 0 Å². The van der Waals surface area contributed by atoms with Gasteiger partial charge in [0.25, 0.3) is 0 Å². The molecule has 78 valence electrons. The molecule has 0 bridgehead atoms. The highest BCUT2D eigenvalue weighted by Gasteiger charge is 2.27. The summed E-state index contributed by atoms with van der Waals surface area (Å²) in [4.78, 5) is 3.30. The van der Waals surface area contributed by atoms with E-state index in [0.29, 0.717) is 10.8 Å². The van der Waals surface area contributed by atoms with Gasteiger partial charge in [-0.3, -0.25) is 0 Å². The fraction of sp³-hybridized carbons (Fsp3) is 0.818. The minimum atomic E-state index is -0.197. The van der Waals surface area contributed by atoms with Crippen molar-refractivity contribution < 1.29 is 0 Å². The van der Waals surface area contributed by atoms with E-state index in [1.165, 1.54) is 0 Å². The first-order valence-corrected chi connectivity index (χ1v) is 6.57. The van der Waals surface area contributed by atoms with E-state index in [2.05, 4.69) is 52.2 Å². The molecule has 0 rings (SSSR count). The third kappa shape index (κ3) is 4.63. The topological polar surface area (TPSA) is 12.0 Å². The zero-order chi connectivity index (χ0) is 10.7. The van der Waals surface area contributed by atoms with Crippen LogP contribution in [0.3, 0.4) is 0 Å². The van der Waals surface area contributed by atoms with Crippen LogP contribution < -0.4 is 4.98 Å². The van der Waals surface area contributed by atoms with Crippen LogP contribution in [-0.2, 0) is 0 Å². The molecule has 0 radical (unpaired) electrons. The predicted octanol–water partition coefficient (Wildman–Crippen LogP) is 2.27. The Kier molecular flexibility index (Phi) is 4.40. The standard InChI is InChI=1S/C11H25NSi/c1-10(2,3)9(8-13-12-7)11(4,5)6/h8,12H,13H2,1-7H3. The van der Waals surface area contributed by atoms with Gasteiger partial charge in [-0.1, -0.05) is 52.8 Å². The summed E-state index contributed by atoms with van der Waals surface area (Å²) in [5, 5.41) is 0. The number of hydrogen-bond acceptors (Lipinski definition) is 1. The van der Waals surface area contributed by atoms with Gasteiger partial charge in [-0.05, 0) is 17.9 Å². The average Bonchev–Trinajstić information content (AvgIpc) is 1.81. The molecule has 0 aliphatic rings. The molecule has 0 aromatic rings. The molecule has 2 heteroatoms. The summed E-state index contributed by atoms with van der Waals surface area (Å²) in [5.41, 5.74) is 4.66. The van der Waals surface area contributed by atoms with E-state index in [4.69, 9.17) is 0 Å². The summed E-state index contributed by atoms with van der Waals surface area (Å²) in [6.45, 7) is 13.8. The molecule has 0 aromatic heterocycles. The molecule has 13 heavy (non-hydrogen) atoms. The molecule has 0 saturated carbocycles. The van der Waals surface area contributed by atoms with E-state index in [9.17, 15) is 0 Å². The smallest absolute Gasteiger partial charge is 0.116 e. The third-order valence-corrected chi connectivity index (χ3v) is 3.15. The summed E-state index contributed by atoms with van der Waals surface area (Å²) < 4.78 is 0. The molecule has 0 saturated heterocycles. The lowest BCUT2D eigenvalue weighted by Crippen LogP contribution is -2.24. The van der Waals surface area contributed by atoms with Crippen molar-refractivity contribution in [2.45, 2.75) is 41.5 Å². The Labute approximate surface area is 85.9 Å². The molecule has 0 aliphatic carbocycles. The number of rotatable bonds is 2.